The lowest BCUT2D eigenvalue weighted by Gasteiger charge is -1.95. The van der Waals surface area contributed by atoms with Crippen LogP contribution in [0.1, 0.15) is 0 Å². The van der Waals surface area contributed by atoms with Gasteiger partial charge in [-0.05, 0) is 0 Å². The minimum atomic E-state index is -1.75. The zero-order valence-corrected chi connectivity index (χ0v) is 5.96. The largest absolute Gasteiger partial charge is 0.619 e. The molecule has 0 aromatic rings. The van der Waals surface area contributed by atoms with Crippen LogP contribution < -0.4 is 11.1 Å². The molecular formula is C3H4N4O6. The first-order valence-electron chi connectivity index (χ1n) is 2.64. The van der Waals surface area contributed by atoms with Crippen molar-refractivity contribution in [3.05, 3.63) is 31.9 Å². The highest BCUT2D eigenvalue weighted by molar-refractivity contribution is 5.73. The molecule has 0 saturated carbocycles. The maximum absolute atomic E-state index is 10.0. The van der Waals surface area contributed by atoms with E-state index in [1.807, 2.05) is 0 Å². The number of aliphatic hydroxyl groups is 1. The Kier molecular flexibility index (Phi) is 3.14. The molecule has 0 saturated heterocycles. The summed E-state index contributed by atoms with van der Waals surface area (Å²) in [6, 6.07) is -1.35. The molecule has 72 valence electrons. The molecule has 2 amide bonds. The van der Waals surface area contributed by atoms with Gasteiger partial charge in [0.15, 0.2) is 0 Å². The Morgan fingerprint density at radius 3 is 1.92 bits per heavy atom. The number of amides is 2. The Morgan fingerprint density at radius 2 is 1.69 bits per heavy atom. The van der Waals surface area contributed by atoms with E-state index in [9.17, 15) is 25.0 Å². The first-order chi connectivity index (χ1) is 5.86. The van der Waals surface area contributed by atoms with Crippen molar-refractivity contribution in [2.24, 2.45) is 5.73 Å². The number of hydrogen-bond acceptors (Lipinski definition) is 6. The summed E-state index contributed by atoms with van der Waals surface area (Å²) in [7, 11) is 0. The van der Waals surface area contributed by atoms with Gasteiger partial charge in [0, 0.05) is 0 Å². The van der Waals surface area contributed by atoms with Gasteiger partial charge in [0.1, 0.15) is 9.85 Å². The second-order valence-electron chi connectivity index (χ2n) is 1.68. The van der Waals surface area contributed by atoms with Crippen molar-refractivity contribution in [3.63, 3.8) is 0 Å². The number of nitro groups is 2. The fraction of sp³-hybridized carbons (Fsp3) is 0. The van der Waals surface area contributed by atoms with E-state index < -0.39 is 27.6 Å². The summed E-state index contributed by atoms with van der Waals surface area (Å²) in [4.78, 5) is 26.9. The van der Waals surface area contributed by atoms with E-state index in [2.05, 4.69) is 5.73 Å². The molecule has 0 aromatic carbocycles. The molecule has 13 heavy (non-hydrogen) atoms. The first kappa shape index (κ1) is 10.6. The third kappa shape index (κ3) is 3.00. The van der Waals surface area contributed by atoms with Crippen LogP contribution in [0.4, 0.5) is 4.79 Å². The number of carbonyl (C=O) groups excluding carboxylic acids is 1. The smallest absolute Gasteiger partial charge is 0.485 e. The lowest BCUT2D eigenvalue weighted by atomic mass is 10.7. The van der Waals surface area contributed by atoms with Crippen LogP contribution in [0.5, 0.6) is 0 Å². The van der Waals surface area contributed by atoms with Crippen LogP contribution >= 0.6 is 0 Å². The molecule has 0 fully saturated rings. The van der Waals surface area contributed by atoms with E-state index in [0.717, 1.165) is 0 Å². The van der Waals surface area contributed by atoms with Gasteiger partial charge in [-0.1, -0.05) is 0 Å². The van der Waals surface area contributed by atoms with E-state index in [1.165, 1.54) is 5.32 Å². The lowest BCUT2D eigenvalue weighted by molar-refractivity contribution is -0.619. The first-order valence-corrected chi connectivity index (χ1v) is 2.64. The van der Waals surface area contributed by atoms with Gasteiger partial charge in [-0.2, -0.15) is 0 Å². The minimum Gasteiger partial charge on any atom is -0.485 e. The van der Waals surface area contributed by atoms with E-state index in [0.29, 0.717) is 0 Å². The number of hydrogen-bond donors (Lipinski definition) is 3. The standard InChI is InChI=1S/C3H4N4O6/c4-3(9)5-1(8)2(6(10)11)7(12)13/h8H,(H3,4,5,9). The van der Waals surface area contributed by atoms with Gasteiger partial charge < -0.3 is 10.8 Å². The number of carbonyl (C=O) groups is 1. The third-order valence-electron chi connectivity index (χ3n) is 0.799. The minimum absolute atomic E-state index is 1.30. The van der Waals surface area contributed by atoms with Gasteiger partial charge in [0.05, 0.1) is 0 Å². The number of aliphatic hydroxyl groups excluding tert-OH is 1. The molecule has 10 nitrogen and oxygen atoms in total. The van der Waals surface area contributed by atoms with Gasteiger partial charge in [-0.15, -0.1) is 0 Å². The number of primary amides is 1. The summed E-state index contributed by atoms with van der Waals surface area (Å²) in [6.45, 7) is 0. The zero-order chi connectivity index (χ0) is 10.6. The highest BCUT2D eigenvalue weighted by Crippen LogP contribution is 1.99. The van der Waals surface area contributed by atoms with Crippen molar-refractivity contribution < 1.29 is 19.7 Å². The maximum atomic E-state index is 10.0. The maximum Gasteiger partial charge on any atom is 0.619 e. The molecule has 0 unspecified atom stereocenters. The predicted molar refractivity (Wildman–Crippen MR) is 36.4 cm³/mol. The van der Waals surface area contributed by atoms with Crippen LogP contribution in [0.15, 0.2) is 11.7 Å². The van der Waals surface area contributed by atoms with Crippen molar-refractivity contribution in [1.82, 2.24) is 5.32 Å². The number of rotatable bonds is 3. The summed E-state index contributed by atoms with van der Waals surface area (Å²) in [5.41, 5.74) is 4.44. The average Bonchev–Trinajstić information content (AvgIpc) is 1.81. The summed E-state index contributed by atoms with van der Waals surface area (Å²) < 4.78 is 0. The molecule has 0 aliphatic rings. The van der Waals surface area contributed by atoms with Crippen LogP contribution in [-0.2, 0) is 0 Å². The van der Waals surface area contributed by atoms with Gasteiger partial charge in [0.2, 0.25) is 0 Å². The van der Waals surface area contributed by atoms with Crippen molar-refractivity contribution >= 4 is 6.03 Å². The summed E-state index contributed by atoms with van der Waals surface area (Å²) in [5.74, 6) is -3.26. The van der Waals surface area contributed by atoms with Gasteiger partial charge >= 0.3 is 17.7 Å². The van der Waals surface area contributed by atoms with Crippen molar-refractivity contribution in [2.45, 2.75) is 0 Å². The molecule has 0 spiro atoms. The molecule has 0 heterocycles. The Balaban J connectivity index is 4.98. The normalized spacial score (nSPS) is 8.62. The molecule has 0 aliphatic carbocycles. The van der Waals surface area contributed by atoms with Crippen LogP contribution in [0.3, 0.4) is 0 Å². The van der Waals surface area contributed by atoms with Crippen molar-refractivity contribution in [1.29, 1.82) is 0 Å². The quantitative estimate of drug-likeness (QED) is 0.291. The average molecular weight is 192 g/mol. The van der Waals surface area contributed by atoms with Crippen LogP contribution in [-0.4, -0.2) is 21.0 Å². The van der Waals surface area contributed by atoms with Gasteiger partial charge in [-0.3, -0.25) is 25.5 Å². The predicted octanol–water partition coefficient (Wildman–Crippen LogP) is -1.11. The monoisotopic (exact) mass is 192 g/mol. The molecular weight excluding hydrogens is 188 g/mol. The third-order valence-corrected chi connectivity index (χ3v) is 0.799. The SMILES string of the molecule is NC(=O)NC(O)=C([N+](=O)[O-])[N+](=O)[O-]. The molecule has 0 atom stereocenters. The van der Waals surface area contributed by atoms with Crippen molar-refractivity contribution in [3.8, 4) is 0 Å². The Bertz CT molecular complexity index is 278. The van der Waals surface area contributed by atoms with Gasteiger partial charge in [-0.25, -0.2) is 4.79 Å². The second-order valence-corrected chi connectivity index (χ2v) is 1.68. The molecule has 0 radical (unpaired) electrons. The second kappa shape index (κ2) is 3.85. The zero-order valence-electron chi connectivity index (χ0n) is 5.96. The highest BCUT2D eigenvalue weighted by atomic mass is 16.7. The summed E-state index contributed by atoms with van der Waals surface area (Å²) in [5, 5.41) is 29.7. The molecule has 0 bridgehead atoms. The van der Waals surface area contributed by atoms with Crippen LogP contribution in [0.2, 0.25) is 0 Å². The van der Waals surface area contributed by atoms with Gasteiger partial charge in [0.25, 0.3) is 0 Å². The number of urea groups is 1. The number of nitrogens with two attached hydrogens (primary N) is 1. The fourth-order valence-corrected chi connectivity index (χ4v) is 0.412. The summed E-state index contributed by atoms with van der Waals surface area (Å²) >= 11 is 0. The molecule has 0 aromatic heterocycles. The van der Waals surface area contributed by atoms with E-state index in [-0.39, 0.29) is 0 Å². The van der Waals surface area contributed by atoms with Crippen LogP contribution in [0, 0.1) is 20.2 Å². The summed E-state index contributed by atoms with van der Waals surface area (Å²) in [6.07, 6.45) is 0. The fourth-order valence-electron chi connectivity index (χ4n) is 0.412. The van der Waals surface area contributed by atoms with Crippen molar-refractivity contribution in [2.75, 3.05) is 0 Å². The Labute approximate surface area is 69.9 Å². The molecule has 4 N–H and O–H groups in total. The molecule has 0 rings (SSSR count). The van der Waals surface area contributed by atoms with E-state index >= 15 is 0 Å². The Morgan fingerprint density at radius 1 is 1.31 bits per heavy atom. The lowest BCUT2D eigenvalue weighted by Crippen LogP contribution is -2.31. The van der Waals surface area contributed by atoms with Crippen LogP contribution in [0.25, 0.3) is 0 Å². The topological polar surface area (TPSA) is 162 Å². The van der Waals surface area contributed by atoms with E-state index in [4.69, 9.17) is 5.11 Å². The van der Waals surface area contributed by atoms with E-state index in [1.54, 1.807) is 0 Å². The highest BCUT2D eigenvalue weighted by Gasteiger charge is 2.33. The number of nitrogens with zero attached hydrogens (tertiary/aromatic N) is 2. The number of nitrogens with one attached hydrogen (secondary N) is 1. The molecule has 10 heteroatoms. The Hall–Kier alpha value is -2.39. The molecule has 0 aliphatic heterocycles.